The highest BCUT2D eigenvalue weighted by Gasteiger charge is 2.32. The van der Waals surface area contributed by atoms with Gasteiger partial charge in [-0.3, -0.25) is 0 Å². The average molecular weight is 345 g/mol. The van der Waals surface area contributed by atoms with Crippen LogP contribution >= 0.6 is 0 Å². The zero-order valence-corrected chi connectivity index (χ0v) is 15.0. The molecule has 1 aromatic heterocycles. The molecule has 1 aliphatic heterocycles. The predicted octanol–water partition coefficient (Wildman–Crippen LogP) is 2.20. The average Bonchev–Trinajstić information content (AvgIpc) is 2.90. The molecule has 0 spiro atoms. The number of para-hydroxylation sites is 1. The van der Waals surface area contributed by atoms with Gasteiger partial charge in [-0.1, -0.05) is 18.2 Å². The molecule has 3 rings (SSSR count). The number of benzene rings is 1. The fraction of sp³-hybridized carbons (Fsp3) is 0.526. The summed E-state index contributed by atoms with van der Waals surface area (Å²) >= 11 is 0. The van der Waals surface area contributed by atoms with Crippen LogP contribution in [0.25, 0.3) is 10.9 Å². The number of urea groups is 1. The third-order valence-corrected chi connectivity index (χ3v) is 4.98. The number of H-pyrrole nitrogens is 1. The molecular weight excluding hydrogens is 318 g/mol. The lowest BCUT2D eigenvalue weighted by Gasteiger charge is -2.35. The normalized spacial score (nSPS) is 16.8. The van der Waals surface area contributed by atoms with E-state index in [2.05, 4.69) is 29.4 Å². The fourth-order valence-corrected chi connectivity index (χ4v) is 3.51. The van der Waals surface area contributed by atoms with Gasteiger partial charge in [-0.25, -0.2) is 4.79 Å². The van der Waals surface area contributed by atoms with Crippen molar-refractivity contribution in [2.45, 2.75) is 31.8 Å². The Morgan fingerprint density at radius 2 is 2.08 bits per heavy atom. The molecule has 0 radical (unpaired) electrons. The first kappa shape index (κ1) is 17.8. The van der Waals surface area contributed by atoms with E-state index in [1.54, 1.807) is 11.9 Å². The van der Waals surface area contributed by atoms with E-state index in [1.807, 2.05) is 12.1 Å². The van der Waals surface area contributed by atoms with Crippen molar-refractivity contribution in [1.82, 2.24) is 15.2 Å². The van der Waals surface area contributed by atoms with Gasteiger partial charge >= 0.3 is 6.03 Å². The summed E-state index contributed by atoms with van der Waals surface area (Å²) in [5.74, 6) is 0. The van der Waals surface area contributed by atoms with Crippen molar-refractivity contribution in [3.05, 3.63) is 35.5 Å². The van der Waals surface area contributed by atoms with Gasteiger partial charge in [0.15, 0.2) is 0 Å². The third-order valence-electron chi connectivity index (χ3n) is 4.98. The lowest BCUT2D eigenvalue weighted by atomic mass is 9.94. The molecule has 1 fully saturated rings. The molecule has 1 aliphatic rings. The maximum absolute atomic E-state index is 12.3. The van der Waals surface area contributed by atoms with E-state index in [9.17, 15) is 9.90 Å². The highest BCUT2D eigenvalue weighted by molar-refractivity contribution is 5.84. The predicted molar refractivity (Wildman–Crippen MR) is 97.8 cm³/mol. The van der Waals surface area contributed by atoms with Crippen molar-refractivity contribution in [1.29, 1.82) is 0 Å². The number of hydrogen-bond donors (Lipinski definition) is 3. The van der Waals surface area contributed by atoms with Gasteiger partial charge in [-0.2, -0.15) is 0 Å². The van der Waals surface area contributed by atoms with Crippen molar-refractivity contribution >= 4 is 16.9 Å². The quantitative estimate of drug-likeness (QED) is 0.777. The number of likely N-dealkylation sites (N-methyl/N-ethyl adjacent to an activating group) is 1. The number of aryl methyl sites for hydroxylation is 1. The van der Waals surface area contributed by atoms with Crippen molar-refractivity contribution in [2.75, 3.05) is 33.4 Å². The number of aromatic nitrogens is 1. The second kappa shape index (κ2) is 7.45. The van der Waals surface area contributed by atoms with Crippen molar-refractivity contribution in [3.63, 3.8) is 0 Å². The summed E-state index contributed by atoms with van der Waals surface area (Å²) in [6.45, 7) is 4.04. The van der Waals surface area contributed by atoms with Gasteiger partial charge in [0, 0.05) is 56.2 Å². The molecule has 0 unspecified atom stereocenters. The van der Waals surface area contributed by atoms with E-state index in [0.29, 0.717) is 39.1 Å². The first-order valence-electron chi connectivity index (χ1n) is 8.84. The highest BCUT2D eigenvalue weighted by atomic mass is 16.5. The summed E-state index contributed by atoms with van der Waals surface area (Å²) < 4.78 is 5.28. The van der Waals surface area contributed by atoms with Gasteiger partial charge in [0.05, 0.1) is 12.1 Å². The monoisotopic (exact) mass is 345 g/mol. The Balaban J connectivity index is 1.52. The third kappa shape index (κ3) is 4.14. The molecule has 3 N–H and O–H groups in total. The molecule has 1 saturated heterocycles. The number of aliphatic hydroxyl groups is 1. The SMILES string of the molecule is Cc1[nH]c2ccccc2c1CCNC(=O)N(C)CC1(O)CCOCC1. The molecule has 2 heterocycles. The number of carbonyl (C=O) groups excluding carboxylic acids is 1. The van der Waals surface area contributed by atoms with Gasteiger partial charge in [-0.05, 0) is 25.0 Å². The van der Waals surface area contributed by atoms with Crippen molar-refractivity contribution < 1.29 is 14.6 Å². The van der Waals surface area contributed by atoms with Gasteiger partial charge in [-0.15, -0.1) is 0 Å². The van der Waals surface area contributed by atoms with Crippen molar-refractivity contribution in [3.8, 4) is 0 Å². The van der Waals surface area contributed by atoms with Crippen LogP contribution in [0.1, 0.15) is 24.1 Å². The van der Waals surface area contributed by atoms with Crippen LogP contribution in [0.3, 0.4) is 0 Å². The Kier molecular flexibility index (Phi) is 5.30. The van der Waals surface area contributed by atoms with Gasteiger partial charge in [0.2, 0.25) is 0 Å². The molecule has 0 atom stereocenters. The van der Waals surface area contributed by atoms with Gasteiger partial charge in [0.1, 0.15) is 0 Å². The van der Waals surface area contributed by atoms with Crippen LogP contribution in [0.4, 0.5) is 4.79 Å². The first-order valence-corrected chi connectivity index (χ1v) is 8.84. The summed E-state index contributed by atoms with van der Waals surface area (Å²) in [5, 5.41) is 14.7. The minimum atomic E-state index is -0.836. The fourth-order valence-electron chi connectivity index (χ4n) is 3.51. The Morgan fingerprint density at radius 1 is 1.36 bits per heavy atom. The number of fused-ring (bicyclic) bond motifs is 1. The van der Waals surface area contributed by atoms with E-state index < -0.39 is 5.60 Å². The topological polar surface area (TPSA) is 77.6 Å². The molecule has 6 heteroatoms. The maximum Gasteiger partial charge on any atom is 0.317 e. The molecule has 0 saturated carbocycles. The van der Waals surface area contributed by atoms with E-state index in [4.69, 9.17) is 4.74 Å². The molecule has 0 bridgehead atoms. The van der Waals surface area contributed by atoms with E-state index in [-0.39, 0.29) is 6.03 Å². The highest BCUT2D eigenvalue weighted by Crippen LogP contribution is 2.22. The lowest BCUT2D eigenvalue weighted by molar-refractivity contribution is -0.0722. The number of hydrogen-bond acceptors (Lipinski definition) is 3. The van der Waals surface area contributed by atoms with Gasteiger partial charge in [0.25, 0.3) is 0 Å². The molecule has 1 aromatic carbocycles. The zero-order valence-electron chi connectivity index (χ0n) is 15.0. The summed E-state index contributed by atoms with van der Waals surface area (Å²) in [5.41, 5.74) is 2.67. The Morgan fingerprint density at radius 3 is 2.84 bits per heavy atom. The number of nitrogens with zero attached hydrogens (tertiary/aromatic N) is 1. The molecule has 6 nitrogen and oxygen atoms in total. The Labute approximate surface area is 148 Å². The van der Waals surface area contributed by atoms with Crippen LogP contribution < -0.4 is 5.32 Å². The van der Waals surface area contributed by atoms with Crippen LogP contribution in [0, 0.1) is 6.92 Å². The molecule has 136 valence electrons. The number of amides is 2. The summed E-state index contributed by atoms with van der Waals surface area (Å²) in [6.07, 6.45) is 1.91. The minimum Gasteiger partial charge on any atom is -0.388 e. The van der Waals surface area contributed by atoms with E-state index in [0.717, 1.165) is 17.6 Å². The van der Waals surface area contributed by atoms with E-state index in [1.165, 1.54) is 10.9 Å². The number of nitrogens with one attached hydrogen (secondary N) is 2. The number of aromatic amines is 1. The van der Waals surface area contributed by atoms with Crippen LogP contribution in [0.2, 0.25) is 0 Å². The molecule has 2 amide bonds. The van der Waals surface area contributed by atoms with E-state index >= 15 is 0 Å². The Hall–Kier alpha value is -2.05. The second-order valence-corrected chi connectivity index (χ2v) is 6.95. The van der Waals surface area contributed by atoms with Crippen LogP contribution in [0.5, 0.6) is 0 Å². The van der Waals surface area contributed by atoms with Crippen LogP contribution in [0.15, 0.2) is 24.3 Å². The number of rotatable bonds is 5. The lowest BCUT2D eigenvalue weighted by Crippen LogP contribution is -2.50. The summed E-state index contributed by atoms with van der Waals surface area (Å²) in [4.78, 5) is 17.2. The van der Waals surface area contributed by atoms with Crippen molar-refractivity contribution in [2.24, 2.45) is 0 Å². The first-order chi connectivity index (χ1) is 12.0. The number of ether oxygens (including phenoxy) is 1. The summed E-state index contributed by atoms with van der Waals surface area (Å²) in [7, 11) is 1.72. The standard InChI is InChI=1S/C19H27N3O3/c1-14-15(16-5-3-4-6-17(16)21-14)7-10-20-18(23)22(2)13-19(24)8-11-25-12-9-19/h3-6,21,24H,7-13H2,1-2H3,(H,20,23). The Bertz CT molecular complexity index is 735. The summed E-state index contributed by atoms with van der Waals surface area (Å²) in [6, 6.07) is 8.05. The largest absolute Gasteiger partial charge is 0.388 e. The number of carbonyl (C=O) groups is 1. The molecule has 0 aliphatic carbocycles. The van der Waals surface area contributed by atoms with Crippen LogP contribution in [-0.4, -0.2) is 60.0 Å². The molecular formula is C19H27N3O3. The molecule has 2 aromatic rings. The zero-order chi connectivity index (χ0) is 17.9. The van der Waals surface area contributed by atoms with Crippen LogP contribution in [-0.2, 0) is 11.2 Å². The minimum absolute atomic E-state index is 0.155. The van der Waals surface area contributed by atoms with Gasteiger partial charge < -0.3 is 25.0 Å². The maximum atomic E-state index is 12.3. The second-order valence-electron chi connectivity index (χ2n) is 6.95. The smallest absolute Gasteiger partial charge is 0.317 e. The molecule has 25 heavy (non-hydrogen) atoms.